The molecule has 0 bridgehead atoms. The van der Waals surface area contributed by atoms with Gasteiger partial charge < -0.3 is 10.5 Å². The van der Waals surface area contributed by atoms with Crippen molar-refractivity contribution in [1.82, 2.24) is 4.90 Å². The number of amides is 1. The van der Waals surface area contributed by atoms with Crippen LogP contribution in [0.4, 0.5) is 0 Å². The van der Waals surface area contributed by atoms with Crippen LogP contribution in [0.3, 0.4) is 0 Å². The molecule has 1 heterocycles. The van der Waals surface area contributed by atoms with Crippen LogP contribution in [0.25, 0.3) is 0 Å². The SMILES string of the molecule is CC(C)(CCN1CCOCC1)C(N)=O. The Balaban J connectivity index is 2.28. The second-order valence-corrected chi connectivity index (χ2v) is 4.45. The molecule has 0 unspecified atom stereocenters. The highest BCUT2D eigenvalue weighted by atomic mass is 16.5. The number of carbonyl (C=O) groups excluding carboxylic acids is 1. The van der Waals surface area contributed by atoms with Gasteiger partial charge in [0, 0.05) is 18.5 Å². The van der Waals surface area contributed by atoms with Gasteiger partial charge >= 0.3 is 0 Å². The van der Waals surface area contributed by atoms with Gasteiger partial charge in [0.15, 0.2) is 0 Å². The number of nitrogens with two attached hydrogens (primary N) is 1. The van der Waals surface area contributed by atoms with Gasteiger partial charge in [-0.25, -0.2) is 0 Å². The van der Waals surface area contributed by atoms with E-state index < -0.39 is 5.41 Å². The van der Waals surface area contributed by atoms with Gasteiger partial charge in [0.1, 0.15) is 0 Å². The van der Waals surface area contributed by atoms with E-state index in [1.54, 1.807) is 0 Å². The zero-order valence-corrected chi connectivity index (χ0v) is 9.08. The average molecular weight is 200 g/mol. The quantitative estimate of drug-likeness (QED) is 0.706. The molecule has 0 saturated carbocycles. The number of nitrogens with zero attached hydrogens (tertiary/aromatic N) is 1. The Hall–Kier alpha value is -0.610. The number of ether oxygens (including phenoxy) is 1. The summed E-state index contributed by atoms with van der Waals surface area (Å²) in [6.45, 7) is 8.27. The van der Waals surface area contributed by atoms with Crippen molar-refractivity contribution in [3.8, 4) is 0 Å². The fourth-order valence-corrected chi connectivity index (χ4v) is 1.39. The lowest BCUT2D eigenvalue weighted by Crippen LogP contribution is -2.40. The third-order valence-electron chi connectivity index (χ3n) is 2.82. The first-order valence-corrected chi connectivity index (χ1v) is 5.12. The lowest BCUT2D eigenvalue weighted by Gasteiger charge is -2.29. The van der Waals surface area contributed by atoms with Gasteiger partial charge in [-0.1, -0.05) is 13.8 Å². The molecule has 4 heteroatoms. The van der Waals surface area contributed by atoms with Crippen molar-refractivity contribution in [3.05, 3.63) is 0 Å². The lowest BCUT2D eigenvalue weighted by molar-refractivity contribution is -0.126. The van der Waals surface area contributed by atoms with E-state index in [1.807, 2.05) is 13.8 Å². The summed E-state index contributed by atoms with van der Waals surface area (Å²) in [5.41, 5.74) is 4.91. The normalized spacial score (nSPS) is 19.6. The van der Waals surface area contributed by atoms with Crippen molar-refractivity contribution in [1.29, 1.82) is 0 Å². The number of rotatable bonds is 4. The van der Waals surface area contributed by atoms with Crippen LogP contribution in [-0.2, 0) is 9.53 Å². The van der Waals surface area contributed by atoms with E-state index in [2.05, 4.69) is 4.90 Å². The predicted molar refractivity (Wildman–Crippen MR) is 54.9 cm³/mol. The number of hydrogen-bond acceptors (Lipinski definition) is 3. The second kappa shape index (κ2) is 4.75. The Morgan fingerprint density at radius 1 is 1.43 bits per heavy atom. The number of hydrogen-bond donors (Lipinski definition) is 1. The van der Waals surface area contributed by atoms with E-state index in [0.29, 0.717) is 0 Å². The molecule has 14 heavy (non-hydrogen) atoms. The van der Waals surface area contributed by atoms with Crippen LogP contribution in [0.15, 0.2) is 0 Å². The molecule has 4 nitrogen and oxygen atoms in total. The summed E-state index contributed by atoms with van der Waals surface area (Å²) in [5, 5.41) is 0. The third kappa shape index (κ3) is 3.27. The largest absolute Gasteiger partial charge is 0.379 e. The number of carbonyl (C=O) groups is 1. The minimum Gasteiger partial charge on any atom is -0.379 e. The fraction of sp³-hybridized carbons (Fsp3) is 0.900. The van der Waals surface area contributed by atoms with Gasteiger partial charge in [0.05, 0.1) is 13.2 Å². The highest BCUT2D eigenvalue weighted by Crippen LogP contribution is 2.19. The summed E-state index contributed by atoms with van der Waals surface area (Å²) >= 11 is 0. The van der Waals surface area contributed by atoms with Gasteiger partial charge in [-0.2, -0.15) is 0 Å². The number of primary amides is 1. The van der Waals surface area contributed by atoms with Crippen LogP contribution in [0.2, 0.25) is 0 Å². The molecule has 1 fully saturated rings. The molecule has 1 amide bonds. The second-order valence-electron chi connectivity index (χ2n) is 4.45. The van der Waals surface area contributed by atoms with Crippen molar-refractivity contribution in [2.75, 3.05) is 32.8 Å². The molecular formula is C10H20N2O2. The Bertz CT molecular complexity index is 198. The Labute approximate surface area is 85.4 Å². The monoisotopic (exact) mass is 200 g/mol. The van der Waals surface area contributed by atoms with Crippen LogP contribution < -0.4 is 5.73 Å². The lowest BCUT2D eigenvalue weighted by atomic mass is 9.88. The van der Waals surface area contributed by atoms with Gasteiger partial charge in [-0.3, -0.25) is 9.69 Å². The maximum atomic E-state index is 11.1. The fourth-order valence-electron chi connectivity index (χ4n) is 1.39. The minimum atomic E-state index is -0.391. The Morgan fingerprint density at radius 2 is 2.00 bits per heavy atom. The Morgan fingerprint density at radius 3 is 2.50 bits per heavy atom. The van der Waals surface area contributed by atoms with Crippen molar-refractivity contribution < 1.29 is 9.53 Å². The molecule has 1 saturated heterocycles. The van der Waals surface area contributed by atoms with E-state index in [1.165, 1.54) is 0 Å². The van der Waals surface area contributed by atoms with E-state index >= 15 is 0 Å². The number of morpholine rings is 1. The first-order chi connectivity index (χ1) is 6.52. The molecule has 0 aliphatic carbocycles. The van der Waals surface area contributed by atoms with Crippen LogP contribution in [0.1, 0.15) is 20.3 Å². The van der Waals surface area contributed by atoms with Gasteiger partial charge in [-0.05, 0) is 13.0 Å². The van der Waals surface area contributed by atoms with Crippen molar-refractivity contribution in [3.63, 3.8) is 0 Å². The zero-order valence-electron chi connectivity index (χ0n) is 9.08. The summed E-state index contributed by atoms with van der Waals surface area (Å²) < 4.78 is 5.25. The van der Waals surface area contributed by atoms with E-state index in [9.17, 15) is 4.79 Å². The summed E-state index contributed by atoms with van der Waals surface area (Å²) in [6.07, 6.45) is 0.822. The molecule has 1 rings (SSSR count). The molecule has 0 spiro atoms. The molecule has 0 aromatic carbocycles. The molecule has 0 radical (unpaired) electrons. The van der Waals surface area contributed by atoms with Crippen LogP contribution in [-0.4, -0.2) is 43.7 Å². The van der Waals surface area contributed by atoms with Gasteiger partial charge in [-0.15, -0.1) is 0 Å². The minimum absolute atomic E-state index is 0.217. The maximum absolute atomic E-state index is 11.1. The molecule has 0 aromatic heterocycles. The first-order valence-electron chi connectivity index (χ1n) is 5.12. The van der Waals surface area contributed by atoms with E-state index in [4.69, 9.17) is 10.5 Å². The molecular weight excluding hydrogens is 180 g/mol. The molecule has 2 N–H and O–H groups in total. The summed E-state index contributed by atoms with van der Waals surface area (Å²) in [4.78, 5) is 13.4. The molecule has 1 aliphatic rings. The molecule has 0 aromatic rings. The van der Waals surface area contributed by atoms with Gasteiger partial charge in [0.25, 0.3) is 0 Å². The van der Waals surface area contributed by atoms with Gasteiger partial charge in [0.2, 0.25) is 5.91 Å². The van der Waals surface area contributed by atoms with Crippen LogP contribution in [0, 0.1) is 5.41 Å². The summed E-state index contributed by atoms with van der Waals surface area (Å²) in [5.74, 6) is -0.217. The first kappa shape index (κ1) is 11.5. The van der Waals surface area contributed by atoms with Crippen molar-refractivity contribution in [2.24, 2.45) is 11.1 Å². The summed E-state index contributed by atoms with van der Waals surface area (Å²) in [7, 11) is 0. The predicted octanol–water partition coefficient (Wildman–Crippen LogP) is 0.220. The highest BCUT2D eigenvalue weighted by molar-refractivity contribution is 5.79. The maximum Gasteiger partial charge on any atom is 0.223 e. The summed E-state index contributed by atoms with van der Waals surface area (Å²) in [6, 6.07) is 0. The molecule has 1 aliphatic heterocycles. The molecule has 82 valence electrons. The smallest absolute Gasteiger partial charge is 0.223 e. The average Bonchev–Trinajstić information content (AvgIpc) is 2.16. The third-order valence-corrected chi connectivity index (χ3v) is 2.82. The molecule has 0 atom stereocenters. The van der Waals surface area contributed by atoms with Crippen molar-refractivity contribution >= 4 is 5.91 Å². The standard InChI is InChI=1S/C10H20N2O2/c1-10(2,9(11)13)3-4-12-5-7-14-8-6-12/h3-8H2,1-2H3,(H2,11,13). The van der Waals surface area contributed by atoms with Crippen LogP contribution >= 0.6 is 0 Å². The van der Waals surface area contributed by atoms with E-state index in [0.717, 1.165) is 39.3 Å². The van der Waals surface area contributed by atoms with Crippen molar-refractivity contribution in [2.45, 2.75) is 20.3 Å². The van der Waals surface area contributed by atoms with E-state index in [-0.39, 0.29) is 5.91 Å². The highest BCUT2D eigenvalue weighted by Gasteiger charge is 2.25. The topological polar surface area (TPSA) is 55.6 Å². The Kier molecular flexibility index (Phi) is 3.89. The zero-order chi connectivity index (χ0) is 10.6. The van der Waals surface area contributed by atoms with Crippen LogP contribution in [0.5, 0.6) is 0 Å².